The van der Waals surface area contributed by atoms with Crippen LogP contribution in [0.4, 0.5) is 0 Å². The Labute approximate surface area is 158 Å². The van der Waals surface area contributed by atoms with Crippen LogP contribution in [0.1, 0.15) is 39.5 Å². The molecule has 1 saturated heterocycles. The fraction of sp³-hybridized carbons (Fsp3) is 0.882. The molecule has 0 saturated carbocycles. The van der Waals surface area contributed by atoms with Crippen LogP contribution in [0.2, 0.25) is 0 Å². The predicted octanol–water partition coefficient (Wildman–Crippen LogP) is -1.14. The van der Waals surface area contributed by atoms with Crippen LogP contribution in [0.5, 0.6) is 0 Å². The summed E-state index contributed by atoms with van der Waals surface area (Å²) in [4.78, 5) is 23.2. The highest BCUT2D eigenvalue weighted by Crippen LogP contribution is 2.22. The molecule has 10 heteroatoms. The van der Waals surface area contributed by atoms with Crippen LogP contribution in [0.15, 0.2) is 0 Å². The minimum Gasteiger partial charge on any atom is -0.462 e. The number of aliphatic hydroxyl groups is 4. The first kappa shape index (κ1) is 23.7. The van der Waals surface area contributed by atoms with Crippen molar-refractivity contribution in [3.63, 3.8) is 0 Å². The maximum absolute atomic E-state index is 11.7. The summed E-state index contributed by atoms with van der Waals surface area (Å²) in [7, 11) is 0. The lowest BCUT2D eigenvalue weighted by molar-refractivity contribution is -0.305. The van der Waals surface area contributed by atoms with Gasteiger partial charge in [-0.1, -0.05) is 13.8 Å². The zero-order chi connectivity index (χ0) is 20.4. The van der Waals surface area contributed by atoms with Gasteiger partial charge in [0.2, 0.25) is 0 Å². The number of hydrogen-bond donors (Lipinski definition) is 4. The fourth-order valence-electron chi connectivity index (χ4n) is 2.43. The molecule has 0 aromatic rings. The number of aliphatic hydroxyl groups excluding tert-OH is 4. The summed E-state index contributed by atoms with van der Waals surface area (Å²) in [6.07, 6.45) is -6.47. The van der Waals surface area contributed by atoms with Crippen LogP contribution < -0.4 is 0 Å². The molecule has 1 heterocycles. The summed E-state index contributed by atoms with van der Waals surface area (Å²) in [6.45, 7) is 2.53. The monoisotopic (exact) mass is 394 g/mol. The van der Waals surface area contributed by atoms with Gasteiger partial charge in [0.1, 0.15) is 31.0 Å². The predicted molar refractivity (Wildman–Crippen MR) is 90.4 cm³/mol. The zero-order valence-corrected chi connectivity index (χ0v) is 15.7. The summed E-state index contributed by atoms with van der Waals surface area (Å²) in [6, 6.07) is 0. The van der Waals surface area contributed by atoms with Gasteiger partial charge in [-0.25, -0.2) is 0 Å². The summed E-state index contributed by atoms with van der Waals surface area (Å²) in [5, 5.41) is 38.6. The second-order valence-electron chi connectivity index (χ2n) is 6.33. The third-order valence-electron chi connectivity index (χ3n) is 3.93. The third-order valence-corrected chi connectivity index (χ3v) is 3.93. The van der Waals surface area contributed by atoms with Crippen LogP contribution in [0.25, 0.3) is 0 Å². The van der Waals surface area contributed by atoms with Gasteiger partial charge in [-0.15, -0.1) is 0 Å². The van der Waals surface area contributed by atoms with Crippen molar-refractivity contribution in [1.82, 2.24) is 0 Å². The number of esters is 2. The van der Waals surface area contributed by atoms with Crippen molar-refractivity contribution < 1.29 is 49.0 Å². The molecular formula is C17H30O10. The number of carbonyl (C=O) groups is 2. The van der Waals surface area contributed by atoms with Crippen LogP contribution in [-0.2, 0) is 28.5 Å². The van der Waals surface area contributed by atoms with Gasteiger partial charge >= 0.3 is 11.9 Å². The average molecular weight is 394 g/mol. The largest absolute Gasteiger partial charge is 0.462 e. The van der Waals surface area contributed by atoms with Crippen molar-refractivity contribution in [2.75, 3.05) is 19.8 Å². The summed E-state index contributed by atoms with van der Waals surface area (Å²) >= 11 is 0. The number of ether oxygens (including phenoxy) is 4. The van der Waals surface area contributed by atoms with Gasteiger partial charge in [0.05, 0.1) is 13.2 Å². The van der Waals surface area contributed by atoms with Crippen molar-refractivity contribution in [2.24, 2.45) is 0 Å². The van der Waals surface area contributed by atoms with Gasteiger partial charge in [0, 0.05) is 12.8 Å². The van der Waals surface area contributed by atoms with E-state index in [2.05, 4.69) is 0 Å². The first-order chi connectivity index (χ1) is 12.8. The lowest BCUT2D eigenvalue weighted by atomic mass is 9.99. The Morgan fingerprint density at radius 3 is 2.19 bits per heavy atom. The SMILES string of the molecule is CCCC(=O)OC[C@H](CO[C@@H]1O[C@H](CO)[C@H](O)[C@H](O)[C@H]1O)OC(=O)CCC. The van der Waals surface area contributed by atoms with E-state index < -0.39 is 55.4 Å². The second kappa shape index (κ2) is 12.2. The molecule has 0 aliphatic carbocycles. The summed E-state index contributed by atoms with van der Waals surface area (Å²) < 4.78 is 20.8. The first-order valence-electron chi connectivity index (χ1n) is 9.11. The van der Waals surface area contributed by atoms with Crippen LogP contribution in [-0.4, -0.2) is 89.0 Å². The van der Waals surface area contributed by atoms with Crippen LogP contribution in [0, 0.1) is 0 Å². The van der Waals surface area contributed by atoms with Crippen LogP contribution >= 0.6 is 0 Å². The normalized spacial score (nSPS) is 29.2. The molecule has 0 aromatic heterocycles. The van der Waals surface area contributed by atoms with E-state index in [9.17, 15) is 30.0 Å². The van der Waals surface area contributed by atoms with E-state index in [0.717, 1.165) is 0 Å². The van der Waals surface area contributed by atoms with E-state index in [4.69, 9.17) is 18.9 Å². The topological polar surface area (TPSA) is 152 Å². The smallest absolute Gasteiger partial charge is 0.306 e. The van der Waals surface area contributed by atoms with E-state index in [1.165, 1.54) is 0 Å². The molecule has 1 fully saturated rings. The highest BCUT2D eigenvalue weighted by atomic mass is 16.7. The van der Waals surface area contributed by atoms with Crippen molar-refractivity contribution in [1.29, 1.82) is 0 Å². The second-order valence-corrected chi connectivity index (χ2v) is 6.33. The lowest BCUT2D eigenvalue weighted by Crippen LogP contribution is -2.59. The molecule has 0 bridgehead atoms. The van der Waals surface area contributed by atoms with E-state index in [-0.39, 0.29) is 26.1 Å². The summed E-state index contributed by atoms with van der Waals surface area (Å²) in [5.74, 6) is -0.937. The fourth-order valence-corrected chi connectivity index (χ4v) is 2.43. The molecule has 0 radical (unpaired) electrons. The Morgan fingerprint density at radius 1 is 0.963 bits per heavy atom. The zero-order valence-electron chi connectivity index (χ0n) is 15.7. The standard InChI is InChI=1S/C17H30O10/c1-3-5-12(19)24-8-10(26-13(20)6-4-2)9-25-17-16(23)15(22)14(21)11(7-18)27-17/h10-11,14-18,21-23H,3-9H2,1-2H3/t10-,11-,14+,15+,16-,17-/m1/s1. The molecule has 1 aliphatic rings. The molecule has 6 atom stereocenters. The van der Waals surface area contributed by atoms with Gasteiger partial charge in [-0.3, -0.25) is 9.59 Å². The van der Waals surface area contributed by atoms with Gasteiger partial charge in [-0.2, -0.15) is 0 Å². The minimum absolute atomic E-state index is 0.180. The van der Waals surface area contributed by atoms with Gasteiger partial charge in [0.25, 0.3) is 0 Å². The number of hydrogen-bond acceptors (Lipinski definition) is 10. The van der Waals surface area contributed by atoms with Crippen molar-refractivity contribution in [3.8, 4) is 0 Å². The molecular weight excluding hydrogens is 364 g/mol. The Balaban J connectivity index is 2.64. The Kier molecular flexibility index (Phi) is 10.7. The van der Waals surface area contributed by atoms with Crippen molar-refractivity contribution in [2.45, 2.75) is 76.3 Å². The molecule has 1 aliphatic heterocycles. The Bertz CT molecular complexity index is 455. The third kappa shape index (κ3) is 7.68. The number of carbonyl (C=O) groups excluding carboxylic acids is 2. The molecule has 0 unspecified atom stereocenters. The molecule has 1 rings (SSSR count). The molecule has 0 amide bonds. The first-order valence-corrected chi connectivity index (χ1v) is 9.11. The Hall–Kier alpha value is -1.30. The minimum atomic E-state index is -1.58. The van der Waals surface area contributed by atoms with E-state index in [0.29, 0.717) is 12.8 Å². The molecule has 4 N–H and O–H groups in total. The lowest BCUT2D eigenvalue weighted by Gasteiger charge is -2.39. The van der Waals surface area contributed by atoms with Gasteiger partial charge in [-0.05, 0) is 12.8 Å². The maximum atomic E-state index is 11.7. The molecule has 10 nitrogen and oxygen atoms in total. The Morgan fingerprint density at radius 2 is 1.59 bits per heavy atom. The van der Waals surface area contributed by atoms with E-state index in [1.54, 1.807) is 0 Å². The molecule has 27 heavy (non-hydrogen) atoms. The summed E-state index contributed by atoms with van der Waals surface area (Å²) in [5.41, 5.74) is 0. The van der Waals surface area contributed by atoms with E-state index in [1.807, 2.05) is 13.8 Å². The van der Waals surface area contributed by atoms with Crippen molar-refractivity contribution >= 4 is 11.9 Å². The maximum Gasteiger partial charge on any atom is 0.306 e. The highest BCUT2D eigenvalue weighted by molar-refractivity contribution is 5.70. The number of rotatable bonds is 11. The van der Waals surface area contributed by atoms with Gasteiger partial charge < -0.3 is 39.4 Å². The molecule has 0 aromatic carbocycles. The van der Waals surface area contributed by atoms with Gasteiger partial charge in [0.15, 0.2) is 12.4 Å². The van der Waals surface area contributed by atoms with Crippen LogP contribution in [0.3, 0.4) is 0 Å². The van der Waals surface area contributed by atoms with E-state index >= 15 is 0 Å². The molecule has 0 spiro atoms. The highest BCUT2D eigenvalue weighted by Gasteiger charge is 2.44. The molecule has 158 valence electrons. The quantitative estimate of drug-likeness (QED) is 0.316. The average Bonchev–Trinajstić information content (AvgIpc) is 2.63. The van der Waals surface area contributed by atoms with Crippen molar-refractivity contribution in [3.05, 3.63) is 0 Å².